The third-order valence-electron chi connectivity index (χ3n) is 2.47. The van der Waals surface area contributed by atoms with Gasteiger partial charge in [-0.05, 0) is 20.8 Å². The highest BCUT2D eigenvalue weighted by atomic mass is 16.6. The van der Waals surface area contributed by atoms with Gasteiger partial charge in [0.15, 0.2) is 5.76 Å². The molecule has 0 saturated carbocycles. The van der Waals surface area contributed by atoms with Crippen LogP contribution in [-0.4, -0.2) is 30.3 Å². The molecular formula is C12H20N2O3. The van der Waals surface area contributed by atoms with Crippen molar-refractivity contribution in [2.75, 3.05) is 19.8 Å². The highest BCUT2D eigenvalue weighted by molar-refractivity contribution is 4.99. The van der Waals surface area contributed by atoms with Gasteiger partial charge in [-0.1, -0.05) is 0 Å². The minimum absolute atomic E-state index is 0.0546. The number of hydrogen-bond donors (Lipinski definition) is 1. The van der Waals surface area contributed by atoms with Crippen LogP contribution in [0.25, 0.3) is 0 Å². The summed E-state index contributed by atoms with van der Waals surface area (Å²) in [5, 5.41) is 3.33. The quantitative estimate of drug-likeness (QED) is 0.870. The van der Waals surface area contributed by atoms with Crippen LogP contribution in [0.2, 0.25) is 0 Å². The first-order chi connectivity index (χ1) is 8.04. The van der Waals surface area contributed by atoms with Crippen molar-refractivity contribution < 1.29 is 13.9 Å². The summed E-state index contributed by atoms with van der Waals surface area (Å²) in [4.78, 5) is 4.23. The van der Waals surface area contributed by atoms with Crippen molar-refractivity contribution in [3.8, 4) is 0 Å². The summed E-state index contributed by atoms with van der Waals surface area (Å²) in [7, 11) is 0. The molecule has 1 N–H and O–H groups in total. The monoisotopic (exact) mass is 240 g/mol. The highest BCUT2D eigenvalue weighted by Gasteiger charge is 2.21. The van der Waals surface area contributed by atoms with E-state index in [1.165, 1.54) is 0 Å². The van der Waals surface area contributed by atoms with E-state index in [-0.39, 0.29) is 11.6 Å². The Kier molecular flexibility index (Phi) is 3.81. The lowest BCUT2D eigenvalue weighted by atomic mass is 10.1. The predicted molar refractivity (Wildman–Crippen MR) is 62.6 cm³/mol. The smallest absolute Gasteiger partial charge is 0.208 e. The summed E-state index contributed by atoms with van der Waals surface area (Å²) in [5.41, 5.74) is 0.0546. The first kappa shape index (κ1) is 12.5. The maximum absolute atomic E-state index is 5.64. The zero-order valence-electron chi connectivity index (χ0n) is 10.7. The molecule has 96 valence electrons. The lowest BCUT2D eigenvalue weighted by Gasteiger charge is -2.21. The third kappa shape index (κ3) is 3.80. The van der Waals surface area contributed by atoms with Crippen LogP contribution >= 0.6 is 0 Å². The van der Waals surface area contributed by atoms with Crippen molar-refractivity contribution >= 4 is 0 Å². The molecule has 1 aromatic heterocycles. The van der Waals surface area contributed by atoms with Crippen LogP contribution in [0.1, 0.15) is 38.5 Å². The molecule has 1 aromatic rings. The number of aromatic nitrogens is 1. The Morgan fingerprint density at radius 1 is 1.41 bits per heavy atom. The van der Waals surface area contributed by atoms with Gasteiger partial charge in [0.25, 0.3) is 0 Å². The molecule has 2 heterocycles. The Hall–Kier alpha value is -0.910. The molecule has 0 amide bonds. The number of nitrogens with one attached hydrogen (secondary N) is 1. The number of ether oxygens (including phenoxy) is 2. The Balaban J connectivity index is 1.91. The average Bonchev–Trinajstić information content (AvgIpc) is 2.75. The van der Waals surface area contributed by atoms with Crippen molar-refractivity contribution in [2.24, 2.45) is 0 Å². The van der Waals surface area contributed by atoms with Crippen LogP contribution in [-0.2, 0) is 16.0 Å². The fourth-order valence-electron chi connectivity index (χ4n) is 1.55. The van der Waals surface area contributed by atoms with Gasteiger partial charge in [-0.2, -0.15) is 0 Å². The normalized spacial score (nSPS) is 21.7. The molecule has 17 heavy (non-hydrogen) atoms. The van der Waals surface area contributed by atoms with E-state index in [9.17, 15) is 0 Å². The molecule has 5 nitrogen and oxygen atoms in total. The van der Waals surface area contributed by atoms with E-state index in [1.54, 1.807) is 6.20 Å². The van der Waals surface area contributed by atoms with Gasteiger partial charge in [-0.15, -0.1) is 0 Å². The molecule has 1 atom stereocenters. The molecule has 1 aliphatic heterocycles. The van der Waals surface area contributed by atoms with Gasteiger partial charge < -0.3 is 19.2 Å². The zero-order chi connectivity index (χ0) is 12.3. The average molecular weight is 240 g/mol. The molecule has 5 heteroatoms. The molecule has 0 aromatic carbocycles. The van der Waals surface area contributed by atoms with Gasteiger partial charge in [0.05, 0.1) is 32.6 Å². The second kappa shape index (κ2) is 5.16. The summed E-state index contributed by atoms with van der Waals surface area (Å²) in [6.45, 7) is 8.75. The molecule has 0 radical (unpaired) electrons. The standard InChI is InChI=1S/C12H20N2O3/c1-12(2,3)14-7-11-13-6-9(17-11)10-8-15-4-5-16-10/h6,10,14H,4-5,7-8H2,1-3H3. The molecule has 0 bridgehead atoms. The molecule has 1 unspecified atom stereocenters. The minimum atomic E-state index is -0.111. The topological polar surface area (TPSA) is 56.5 Å². The zero-order valence-corrected chi connectivity index (χ0v) is 10.7. The number of hydrogen-bond acceptors (Lipinski definition) is 5. The summed E-state index contributed by atoms with van der Waals surface area (Å²) in [6, 6.07) is 0. The molecule has 1 fully saturated rings. The number of nitrogens with zero attached hydrogens (tertiary/aromatic N) is 1. The van der Waals surface area contributed by atoms with E-state index in [0.29, 0.717) is 32.3 Å². The largest absolute Gasteiger partial charge is 0.441 e. The molecule has 1 saturated heterocycles. The first-order valence-corrected chi connectivity index (χ1v) is 5.93. The maximum atomic E-state index is 5.64. The van der Waals surface area contributed by atoms with E-state index in [4.69, 9.17) is 13.9 Å². The van der Waals surface area contributed by atoms with Gasteiger partial charge in [0.1, 0.15) is 6.10 Å². The molecule has 0 spiro atoms. The fourth-order valence-corrected chi connectivity index (χ4v) is 1.55. The van der Waals surface area contributed by atoms with Gasteiger partial charge in [-0.25, -0.2) is 4.98 Å². The van der Waals surface area contributed by atoms with Gasteiger partial charge in [-0.3, -0.25) is 0 Å². The number of rotatable bonds is 3. The Morgan fingerprint density at radius 2 is 2.24 bits per heavy atom. The highest BCUT2D eigenvalue weighted by Crippen LogP contribution is 2.21. The Morgan fingerprint density at radius 3 is 2.88 bits per heavy atom. The van der Waals surface area contributed by atoms with E-state index in [1.807, 2.05) is 0 Å². The summed E-state index contributed by atoms with van der Waals surface area (Å²) < 4.78 is 16.5. The van der Waals surface area contributed by atoms with Gasteiger partial charge >= 0.3 is 0 Å². The third-order valence-corrected chi connectivity index (χ3v) is 2.47. The fraction of sp³-hybridized carbons (Fsp3) is 0.750. The number of oxazole rings is 1. The van der Waals surface area contributed by atoms with Crippen LogP contribution in [0.3, 0.4) is 0 Å². The van der Waals surface area contributed by atoms with Crippen molar-refractivity contribution in [3.63, 3.8) is 0 Å². The molecular weight excluding hydrogens is 220 g/mol. The Bertz CT molecular complexity index is 351. The second-order valence-corrected chi connectivity index (χ2v) is 5.19. The Labute approximate surface area is 102 Å². The summed E-state index contributed by atoms with van der Waals surface area (Å²) in [6.07, 6.45) is 1.61. The van der Waals surface area contributed by atoms with E-state index >= 15 is 0 Å². The summed E-state index contributed by atoms with van der Waals surface area (Å²) in [5.74, 6) is 1.43. The summed E-state index contributed by atoms with van der Waals surface area (Å²) >= 11 is 0. The van der Waals surface area contributed by atoms with Crippen LogP contribution in [0.15, 0.2) is 10.6 Å². The van der Waals surface area contributed by atoms with E-state index in [0.717, 1.165) is 5.76 Å². The van der Waals surface area contributed by atoms with Gasteiger partial charge in [0.2, 0.25) is 5.89 Å². The predicted octanol–water partition coefficient (Wildman–Crippen LogP) is 1.65. The molecule has 1 aliphatic rings. The molecule has 2 rings (SSSR count). The van der Waals surface area contributed by atoms with Crippen LogP contribution in [0.5, 0.6) is 0 Å². The lowest BCUT2D eigenvalue weighted by molar-refractivity contribution is -0.0978. The maximum Gasteiger partial charge on any atom is 0.208 e. The SMILES string of the molecule is CC(C)(C)NCc1ncc(C2COCCO2)o1. The van der Waals surface area contributed by atoms with Crippen LogP contribution in [0, 0.1) is 0 Å². The van der Waals surface area contributed by atoms with Crippen molar-refractivity contribution in [1.29, 1.82) is 0 Å². The van der Waals surface area contributed by atoms with Crippen LogP contribution < -0.4 is 5.32 Å². The second-order valence-electron chi connectivity index (χ2n) is 5.19. The van der Waals surface area contributed by atoms with Crippen LogP contribution in [0.4, 0.5) is 0 Å². The van der Waals surface area contributed by atoms with Crippen molar-refractivity contribution in [3.05, 3.63) is 17.8 Å². The lowest BCUT2D eigenvalue weighted by Crippen LogP contribution is -2.35. The van der Waals surface area contributed by atoms with E-state index < -0.39 is 0 Å². The molecule has 0 aliphatic carbocycles. The minimum Gasteiger partial charge on any atom is -0.441 e. The van der Waals surface area contributed by atoms with Gasteiger partial charge in [0, 0.05) is 5.54 Å². The van der Waals surface area contributed by atoms with Crippen molar-refractivity contribution in [1.82, 2.24) is 10.3 Å². The first-order valence-electron chi connectivity index (χ1n) is 5.93. The van der Waals surface area contributed by atoms with E-state index in [2.05, 4.69) is 31.1 Å². The van der Waals surface area contributed by atoms with Crippen molar-refractivity contribution in [2.45, 2.75) is 39.0 Å².